The Labute approximate surface area is 131 Å². The summed E-state index contributed by atoms with van der Waals surface area (Å²) >= 11 is 0. The lowest BCUT2D eigenvalue weighted by Gasteiger charge is -2.22. The van der Waals surface area contributed by atoms with Crippen LogP contribution in [0.15, 0.2) is 42.7 Å². The maximum absolute atomic E-state index is 5.96. The number of fused-ring (bicyclic) bond motifs is 1. The minimum atomic E-state index is -0.186. The fourth-order valence-corrected chi connectivity index (χ4v) is 2.76. The number of hydrogen-bond acceptors (Lipinski definition) is 2. The van der Waals surface area contributed by atoms with E-state index >= 15 is 0 Å². The zero-order chi connectivity index (χ0) is 15.9. The van der Waals surface area contributed by atoms with Gasteiger partial charge in [-0.2, -0.15) is 0 Å². The first-order valence-corrected chi connectivity index (χ1v) is 7.58. The maximum atomic E-state index is 5.96. The molecule has 0 amide bonds. The second-order valence-corrected chi connectivity index (χ2v) is 6.71. The summed E-state index contributed by atoms with van der Waals surface area (Å²) in [7, 11) is 0. The number of ether oxygens (including phenoxy) is 1. The number of aryl methyl sites for hydroxylation is 2. The molecule has 2 heterocycles. The molecule has 114 valence electrons. The summed E-state index contributed by atoms with van der Waals surface area (Å²) in [6.45, 7) is 10.4. The molecule has 22 heavy (non-hydrogen) atoms. The van der Waals surface area contributed by atoms with Gasteiger partial charge < -0.3 is 4.74 Å². The van der Waals surface area contributed by atoms with Crippen molar-refractivity contribution < 1.29 is 4.74 Å². The number of rotatable bonds is 2. The van der Waals surface area contributed by atoms with Crippen molar-refractivity contribution in [2.45, 2.75) is 40.2 Å². The van der Waals surface area contributed by atoms with Crippen molar-refractivity contribution in [3.63, 3.8) is 0 Å². The van der Waals surface area contributed by atoms with Crippen LogP contribution in [0.1, 0.15) is 31.9 Å². The minimum Gasteiger partial charge on any atom is -0.488 e. The second kappa shape index (κ2) is 5.16. The first-order valence-electron chi connectivity index (χ1n) is 7.58. The largest absolute Gasteiger partial charge is 0.488 e. The third-order valence-electron chi connectivity index (χ3n) is 3.64. The summed E-state index contributed by atoms with van der Waals surface area (Å²) in [5.41, 5.74) is 5.62. The van der Waals surface area contributed by atoms with Gasteiger partial charge in [-0.3, -0.25) is 4.40 Å². The van der Waals surface area contributed by atoms with E-state index in [-0.39, 0.29) is 5.60 Å². The summed E-state index contributed by atoms with van der Waals surface area (Å²) in [6.07, 6.45) is 3.85. The first kappa shape index (κ1) is 14.6. The quantitative estimate of drug-likeness (QED) is 0.679. The number of hydrogen-bond donors (Lipinski definition) is 0. The van der Waals surface area contributed by atoms with Crippen LogP contribution < -0.4 is 4.74 Å². The summed E-state index contributed by atoms with van der Waals surface area (Å²) in [4.78, 5) is 4.38. The third kappa shape index (κ3) is 2.71. The lowest BCUT2D eigenvalue weighted by Crippen LogP contribution is -2.22. The zero-order valence-corrected chi connectivity index (χ0v) is 13.8. The van der Waals surface area contributed by atoms with E-state index in [9.17, 15) is 0 Å². The van der Waals surface area contributed by atoms with Crippen LogP contribution in [0, 0.1) is 13.8 Å². The van der Waals surface area contributed by atoms with E-state index in [2.05, 4.69) is 62.2 Å². The molecule has 3 aromatic rings. The van der Waals surface area contributed by atoms with E-state index in [0.717, 1.165) is 11.4 Å². The molecule has 3 heteroatoms. The molecule has 0 spiro atoms. The molecule has 0 saturated heterocycles. The highest BCUT2D eigenvalue weighted by Crippen LogP contribution is 2.31. The molecule has 0 aliphatic heterocycles. The molecule has 0 radical (unpaired) electrons. The summed E-state index contributed by atoms with van der Waals surface area (Å²) in [5, 5.41) is 0. The van der Waals surface area contributed by atoms with Crippen LogP contribution in [-0.2, 0) is 0 Å². The molecular weight excluding hydrogens is 272 g/mol. The SMILES string of the molecule is Cc1cc(OC(C)(C)C)ccc1-c1c(C)ccc2nccn12. The smallest absolute Gasteiger partial charge is 0.137 e. The average Bonchev–Trinajstić information content (AvgIpc) is 2.86. The van der Waals surface area contributed by atoms with Crippen molar-refractivity contribution >= 4 is 5.65 Å². The van der Waals surface area contributed by atoms with E-state index in [4.69, 9.17) is 4.74 Å². The highest BCUT2D eigenvalue weighted by atomic mass is 16.5. The standard InChI is InChI=1S/C19H22N2O/c1-13-6-9-17-20-10-11-21(17)18(13)16-8-7-15(12-14(16)2)22-19(3,4)5/h6-12H,1-5H3. The van der Waals surface area contributed by atoms with Gasteiger partial charge in [-0.25, -0.2) is 4.98 Å². The Bertz CT molecular complexity index is 825. The van der Waals surface area contributed by atoms with Crippen molar-refractivity contribution in [2.24, 2.45) is 0 Å². The van der Waals surface area contributed by atoms with Crippen LogP contribution in [0.4, 0.5) is 0 Å². The number of aromatic nitrogens is 2. The molecule has 3 rings (SSSR count). The molecule has 0 bridgehead atoms. The average molecular weight is 294 g/mol. The van der Waals surface area contributed by atoms with E-state index in [1.165, 1.54) is 22.4 Å². The lowest BCUT2D eigenvalue weighted by molar-refractivity contribution is 0.131. The predicted octanol–water partition coefficient (Wildman–Crippen LogP) is 4.80. The molecule has 0 atom stereocenters. The zero-order valence-electron chi connectivity index (χ0n) is 13.8. The molecule has 2 aromatic heterocycles. The fourth-order valence-electron chi connectivity index (χ4n) is 2.76. The summed E-state index contributed by atoms with van der Waals surface area (Å²) in [6, 6.07) is 10.5. The van der Waals surface area contributed by atoms with Crippen molar-refractivity contribution in [2.75, 3.05) is 0 Å². The van der Waals surface area contributed by atoms with Crippen LogP contribution in [-0.4, -0.2) is 15.0 Å². The van der Waals surface area contributed by atoms with Gasteiger partial charge >= 0.3 is 0 Å². The molecule has 0 aliphatic rings. The van der Waals surface area contributed by atoms with Gasteiger partial charge in [0.05, 0.1) is 5.69 Å². The second-order valence-electron chi connectivity index (χ2n) is 6.71. The molecule has 0 N–H and O–H groups in total. The topological polar surface area (TPSA) is 26.5 Å². The number of imidazole rings is 1. The normalized spacial score (nSPS) is 11.9. The highest BCUT2D eigenvalue weighted by Gasteiger charge is 2.14. The van der Waals surface area contributed by atoms with Gasteiger partial charge in [0, 0.05) is 18.0 Å². The molecule has 3 nitrogen and oxygen atoms in total. The van der Waals surface area contributed by atoms with Gasteiger partial charge in [0.25, 0.3) is 0 Å². The lowest BCUT2D eigenvalue weighted by atomic mass is 10.0. The van der Waals surface area contributed by atoms with Gasteiger partial charge in [-0.1, -0.05) is 6.07 Å². The van der Waals surface area contributed by atoms with Crippen LogP contribution in [0.2, 0.25) is 0 Å². The van der Waals surface area contributed by atoms with Crippen LogP contribution >= 0.6 is 0 Å². The van der Waals surface area contributed by atoms with Gasteiger partial charge in [-0.15, -0.1) is 0 Å². The Morgan fingerprint density at radius 3 is 2.45 bits per heavy atom. The van der Waals surface area contributed by atoms with E-state index in [1.807, 2.05) is 24.5 Å². The first-order chi connectivity index (χ1) is 10.3. The highest BCUT2D eigenvalue weighted by molar-refractivity contribution is 5.71. The number of nitrogens with zero attached hydrogens (tertiary/aromatic N) is 2. The molecule has 0 aliphatic carbocycles. The van der Waals surface area contributed by atoms with Crippen molar-refractivity contribution in [1.82, 2.24) is 9.38 Å². The number of pyridine rings is 1. The molecule has 0 unspecified atom stereocenters. The van der Waals surface area contributed by atoms with Crippen LogP contribution in [0.5, 0.6) is 5.75 Å². The Balaban J connectivity index is 2.12. The number of benzene rings is 1. The summed E-state index contributed by atoms with van der Waals surface area (Å²) < 4.78 is 8.10. The summed E-state index contributed by atoms with van der Waals surface area (Å²) in [5.74, 6) is 0.907. The van der Waals surface area contributed by atoms with Gasteiger partial charge in [0.2, 0.25) is 0 Å². The fraction of sp³-hybridized carbons (Fsp3) is 0.316. The van der Waals surface area contributed by atoms with Crippen LogP contribution in [0.25, 0.3) is 16.9 Å². The minimum absolute atomic E-state index is 0.186. The van der Waals surface area contributed by atoms with Gasteiger partial charge in [0.1, 0.15) is 17.0 Å². The van der Waals surface area contributed by atoms with Crippen molar-refractivity contribution in [3.8, 4) is 17.0 Å². The van der Waals surface area contributed by atoms with Gasteiger partial charge in [-0.05, 0) is 70.0 Å². The van der Waals surface area contributed by atoms with Crippen molar-refractivity contribution in [1.29, 1.82) is 0 Å². The molecular formula is C19H22N2O. The van der Waals surface area contributed by atoms with E-state index < -0.39 is 0 Å². The van der Waals surface area contributed by atoms with E-state index in [0.29, 0.717) is 0 Å². The van der Waals surface area contributed by atoms with Crippen molar-refractivity contribution in [3.05, 3.63) is 53.9 Å². The van der Waals surface area contributed by atoms with E-state index in [1.54, 1.807) is 0 Å². The van der Waals surface area contributed by atoms with Crippen LogP contribution in [0.3, 0.4) is 0 Å². The Morgan fingerprint density at radius 2 is 1.77 bits per heavy atom. The molecule has 0 fully saturated rings. The maximum Gasteiger partial charge on any atom is 0.137 e. The molecule has 1 aromatic carbocycles. The third-order valence-corrected chi connectivity index (χ3v) is 3.64. The molecule has 0 saturated carbocycles. The van der Waals surface area contributed by atoms with Gasteiger partial charge in [0.15, 0.2) is 0 Å². The Kier molecular flexibility index (Phi) is 3.44. The Hall–Kier alpha value is -2.29. The monoisotopic (exact) mass is 294 g/mol. The predicted molar refractivity (Wildman–Crippen MR) is 90.5 cm³/mol. The Morgan fingerprint density at radius 1 is 1.00 bits per heavy atom.